The van der Waals surface area contributed by atoms with Gasteiger partial charge in [0.2, 0.25) is 0 Å². The molecule has 0 bridgehead atoms. The lowest BCUT2D eigenvalue weighted by Crippen LogP contribution is -1.90. The predicted molar refractivity (Wildman–Crippen MR) is 190 cm³/mol. The summed E-state index contributed by atoms with van der Waals surface area (Å²) in [6.07, 6.45) is 0. The summed E-state index contributed by atoms with van der Waals surface area (Å²) in [6, 6.07) is 53.1. The van der Waals surface area contributed by atoms with E-state index in [1.165, 1.54) is 74.7 Å². The topological polar surface area (TPSA) is 13.1 Å². The summed E-state index contributed by atoms with van der Waals surface area (Å²) in [5, 5.41) is 12.4. The monoisotopic (exact) mass is 576 g/mol. The van der Waals surface area contributed by atoms with E-state index in [0.717, 1.165) is 21.9 Å². The molecular formula is C42H24OS. The van der Waals surface area contributed by atoms with Gasteiger partial charge in [0.25, 0.3) is 0 Å². The molecular weight excluding hydrogens is 553 g/mol. The Morgan fingerprint density at radius 3 is 1.57 bits per heavy atom. The van der Waals surface area contributed by atoms with Crippen molar-refractivity contribution < 1.29 is 4.42 Å². The first-order chi connectivity index (χ1) is 21.8. The fraction of sp³-hybridized carbons (Fsp3) is 0. The smallest absolute Gasteiger partial charge is 0.136 e. The molecule has 0 saturated carbocycles. The summed E-state index contributed by atoms with van der Waals surface area (Å²) in [6.45, 7) is 0. The standard InChI is InChI=1S/C42H24OS/c1-2-10-26-23-38-36(21-25(26)9-1)35-22-27(18-20-37(35)43-38)41-31-12-3-5-14-33(31)42(34-15-6-4-13-32(34)41)28-17-19-30-29-11-7-8-16-39(29)44-40(30)24-28/h1-24H. The molecule has 0 radical (unpaired) electrons. The fourth-order valence-electron chi connectivity index (χ4n) is 7.25. The van der Waals surface area contributed by atoms with E-state index >= 15 is 0 Å². The van der Waals surface area contributed by atoms with Gasteiger partial charge >= 0.3 is 0 Å². The van der Waals surface area contributed by atoms with Crippen molar-refractivity contribution >= 4 is 85.8 Å². The van der Waals surface area contributed by atoms with Crippen molar-refractivity contribution in [1.29, 1.82) is 0 Å². The highest BCUT2D eigenvalue weighted by molar-refractivity contribution is 7.25. The molecule has 0 amide bonds. The third-order valence-corrected chi connectivity index (χ3v) is 10.4. The highest BCUT2D eigenvalue weighted by Gasteiger charge is 2.18. The number of benzene rings is 8. The third kappa shape index (κ3) is 3.40. The summed E-state index contributed by atoms with van der Waals surface area (Å²) in [5.41, 5.74) is 6.86. The summed E-state index contributed by atoms with van der Waals surface area (Å²) < 4.78 is 9.02. The van der Waals surface area contributed by atoms with Gasteiger partial charge < -0.3 is 4.42 Å². The van der Waals surface area contributed by atoms with Crippen LogP contribution in [0.3, 0.4) is 0 Å². The van der Waals surface area contributed by atoms with E-state index in [4.69, 9.17) is 4.42 Å². The summed E-state index contributed by atoms with van der Waals surface area (Å²) >= 11 is 1.88. The largest absolute Gasteiger partial charge is 0.456 e. The maximum atomic E-state index is 6.36. The van der Waals surface area contributed by atoms with Crippen molar-refractivity contribution in [3.05, 3.63) is 146 Å². The minimum atomic E-state index is 0.918. The molecule has 0 aliphatic rings. The molecule has 2 aromatic heterocycles. The quantitative estimate of drug-likeness (QED) is 0.187. The van der Waals surface area contributed by atoms with E-state index in [1.807, 2.05) is 11.3 Å². The van der Waals surface area contributed by atoms with Gasteiger partial charge in [0.1, 0.15) is 11.2 Å². The van der Waals surface area contributed by atoms with Gasteiger partial charge in [-0.25, -0.2) is 0 Å². The molecule has 2 heterocycles. The van der Waals surface area contributed by atoms with Gasteiger partial charge in [0, 0.05) is 30.9 Å². The number of thiophene rings is 1. The van der Waals surface area contributed by atoms with Crippen LogP contribution in [0.2, 0.25) is 0 Å². The molecule has 44 heavy (non-hydrogen) atoms. The van der Waals surface area contributed by atoms with Crippen LogP contribution < -0.4 is 0 Å². The fourth-order valence-corrected chi connectivity index (χ4v) is 8.39. The summed E-state index contributed by atoms with van der Waals surface area (Å²) in [4.78, 5) is 0. The molecule has 10 aromatic rings. The molecule has 2 heteroatoms. The zero-order chi connectivity index (χ0) is 28.8. The van der Waals surface area contributed by atoms with Crippen LogP contribution in [0.25, 0.3) is 96.7 Å². The average molecular weight is 577 g/mol. The lowest BCUT2D eigenvalue weighted by molar-refractivity contribution is 0.669. The first-order valence-electron chi connectivity index (χ1n) is 15.0. The van der Waals surface area contributed by atoms with E-state index in [9.17, 15) is 0 Å². The number of furan rings is 1. The summed E-state index contributed by atoms with van der Waals surface area (Å²) in [5.74, 6) is 0. The Bertz CT molecular complexity index is 2720. The zero-order valence-electron chi connectivity index (χ0n) is 23.7. The maximum absolute atomic E-state index is 6.36. The lowest BCUT2D eigenvalue weighted by atomic mass is 9.85. The molecule has 204 valence electrons. The molecule has 0 N–H and O–H groups in total. The van der Waals surface area contributed by atoms with Crippen LogP contribution in [-0.2, 0) is 0 Å². The molecule has 1 nitrogen and oxygen atoms in total. The van der Waals surface area contributed by atoms with Gasteiger partial charge in [-0.15, -0.1) is 11.3 Å². The highest BCUT2D eigenvalue weighted by Crippen LogP contribution is 2.46. The third-order valence-electron chi connectivity index (χ3n) is 9.23. The van der Waals surface area contributed by atoms with E-state index in [0.29, 0.717) is 0 Å². The second-order valence-corrected chi connectivity index (χ2v) is 12.7. The van der Waals surface area contributed by atoms with Crippen LogP contribution in [0.5, 0.6) is 0 Å². The molecule has 0 spiro atoms. The van der Waals surface area contributed by atoms with Gasteiger partial charge in [-0.2, -0.15) is 0 Å². The number of hydrogen-bond acceptors (Lipinski definition) is 2. The van der Waals surface area contributed by atoms with Gasteiger partial charge in [0.15, 0.2) is 0 Å². The Hall–Kier alpha value is -5.44. The number of rotatable bonds is 2. The first kappa shape index (κ1) is 24.0. The molecule has 0 saturated heterocycles. The Labute approximate surface area is 257 Å². The summed E-state index contributed by atoms with van der Waals surface area (Å²) in [7, 11) is 0. The van der Waals surface area contributed by atoms with Crippen LogP contribution in [0.4, 0.5) is 0 Å². The van der Waals surface area contributed by atoms with E-state index < -0.39 is 0 Å². The lowest BCUT2D eigenvalue weighted by Gasteiger charge is -2.18. The van der Waals surface area contributed by atoms with E-state index in [1.54, 1.807) is 0 Å². The SMILES string of the molecule is c1ccc2cc3c(cc2c1)oc1ccc(-c2c4ccccc4c(-c4ccc5c(c4)sc4ccccc45)c4ccccc24)cc13. The van der Waals surface area contributed by atoms with Gasteiger partial charge in [-0.1, -0.05) is 109 Å². The van der Waals surface area contributed by atoms with Crippen molar-refractivity contribution in [2.24, 2.45) is 0 Å². The molecule has 0 aliphatic carbocycles. The van der Waals surface area contributed by atoms with Crippen LogP contribution >= 0.6 is 11.3 Å². The second-order valence-electron chi connectivity index (χ2n) is 11.7. The highest BCUT2D eigenvalue weighted by atomic mass is 32.1. The Morgan fingerprint density at radius 1 is 0.341 bits per heavy atom. The second kappa shape index (κ2) is 9.03. The molecule has 8 aromatic carbocycles. The van der Waals surface area contributed by atoms with Crippen molar-refractivity contribution in [2.45, 2.75) is 0 Å². The first-order valence-corrected chi connectivity index (χ1v) is 15.8. The molecule has 10 rings (SSSR count). The number of fused-ring (bicyclic) bond motifs is 9. The molecule has 0 atom stereocenters. The Balaban J connectivity index is 1.26. The minimum absolute atomic E-state index is 0.918. The van der Waals surface area contributed by atoms with Gasteiger partial charge in [-0.3, -0.25) is 0 Å². The Morgan fingerprint density at radius 2 is 0.864 bits per heavy atom. The van der Waals surface area contributed by atoms with Crippen LogP contribution in [0.15, 0.2) is 150 Å². The van der Waals surface area contributed by atoms with Crippen molar-refractivity contribution in [2.75, 3.05) is 0 Å². The van der Waals surface area contributed by atoms with Gasteiger partial charge in [-0.05, 0) is 91.0 Å². The van der Waals surface area contributed by atoms with Crippen molar-refractivity contribution in [3.8, 4) is 22.3 Å². The zero-order valence-corrected chi connectivity index (χ0v) is 24.5. The van der Waals surface area contributed by atoms with Crippen LogP contribution in [0.1, 0.15) is 0 Å². The molecule has 0 aliphatic heterocycles. The molecule has 0 unspecified atom stereocenters. The maximum Gasteiger partial charge on any atom is 0.136 e. The van der Waals surface area contributed by atoms with E-state index in [-0.39, 0.29) is 0 Å². The van der Waals surface area contributed by atoms with Crippen LogP contribution in [0, 0.1) is 0 Å². The molecule has 0 fully saturated rings. The Kier molecular flexibility index (Phi) is 4.94. The predicted octanol–water partition coefficient (Wildman–Crippen LogP) is 12.7. The normalized spacial score (nSPS) is 12.1. The minimum Gasteiger partial charge on any atom is -0.456 e. The van der Waals surface area contributed by atoms with Crippen molar-refractivity contribution in [1.82, 2.24) is 0 Å². The van der Waals surface area contributed by atoms with Crippen LogP contribution in [-0.4, -0.2) is 0 Å². The average Bonchev–Trinajstić information content (AvgIpc) is 3.62. The van der Waals surface area contributed by atoms with Crippen molar-refractivity contribution in [3.63, 3.8) is 0 Å². The van der Waals surface area contributed by atoms with E-state index in [2.05, 4.69) is 146 Å². The van der Waals surface area contributed by atoms with Gasteiger partial charge in [0.05, 0.1) is 0 Å². The number of hydrogen-bond donors (Lipinski definition) is 0.